The quantitative estimate of drug-likeness (QED) is 0.536. The summed E-state index contributed by atoms with van der Waals surface area (Å²) in [7, 11) is 0. The number of hydrogen-bond donors (Lipinski definition) is 2. The van der Waals surface area contributed by atoms with Gasteiger partial charge in [-0.25, -0.2) is 0 Å². The van der Waals surface area contributed by atoms with Gasteiger partial charge in [0.25, 0.3) is 5.91 Å². The molecule has 152 valence electrons. The van der Waals surface area contributed by atoms with Gasteiger partial charge in [0.2, 0.25) is 5.91 Å². The molecular formula is C19H24ClN3O4S. The van der Waals surface area contributed by atoms with Gasteiger partial charge in [-0.1, -0.05) is 31.5 Å². The minimum absolute atomic E-state index is 0.0832. The Labute approximate surface area is 174 Å². The Hall–Kier alpha value is -2.19. The fraction of sp³-hybridized carbons (Fsp3) is 0.474. The van der Waals surface area contributed by atoms with Crippen LogP contribution >= 0.6 is 23.8 Å². The van der Waals surface area contributed by atoms with Crippen molar-refractivity contribution in [3.63, 3.8) is 0 Å². The second kappa shape index (κ2) is 10.4. The number of halogens is 1. The first kappa shape index (κ1) is 22.1. The van der Waals surface area contributed by atoms with Crippen LogP contribution in [0.4, 0.5) is 0 Å². The van der Waals surface area contributed by atoms with Crippen molar-refractivity contribution in [1.82, 2.24) is 15.5 Å². The van der Waals surface area contributed by atoms with Crippen LogP contribution in [-0.2, 0) is 14.3 Å². The summed E-state index contributed by atoms with van der Waals surface area (Å²) in [5, 5.41) is 5.83. The van der Waals surface area contributed by atoms with Crippen LogP contribution in [0.2, 0.25) is 5.02 Å². The zero-order valence-electron chi connectivity index (χ0n) is 15.9. The normalized spacial score (nSPS) is 16.5. The van der Waals surface area contributed by atoms with Crippen LogP contribution in [0.15, 0.2) is 24.3 Å². The molecule has 1 unspecified atom stereocenters. The van der Waals surface area contributed by atoms with E-state index < -0.39 is 17.9 Å². The largest absolute Gasteiger partial charge is 0.466 e. The molecule has 1 aromatic rings. The predicted molar refractivity (Wildman–Crippen MR) is 110 cm³/mol. The van der Waals surface area contributed by atoms with E-state index in [-0.39, 0.29) is 17.4 Å². The van der Waals surface area contributed by atoms with E-state index in [1.165, 1.54) is 6.07 Å². The Morgan fingerprint density at radius 1 is 1.43 bits per heavy atom. The van der Waals surface area contributed by atoms with Crippen molar-refractivity contribution in [3.8, 4) is 0 Å². The van der Waals surface area contributed by atoms with Gasteiger partial charge < -0.3 is 15.0 Å². The summed E-state index contributed by atoms with van der Waals surface area (Å²) < 4.78 is 5.20. The molecule has 7 nitrogen and oxygen atoms in total. The highest BCUT2D eigenvalue weighted by atomic mass is 35.5. The molecule has 28 heavy (non-hydrogen) atoms. The van der Waals surface area contributed by atoms with E-state index in [2.05, 4.69) is 10.6 Å². The molecule has 2 N–H and O–H groups in total. The monoisotopic (exact) mass is 425 g/mol. The Morgan fingerprint density at radius 3 is 2.86 bits per heavy atom. The summed E-state index contributed by atoms with van der Waals surface area (Å²) in [6, 6.07) is 5.62. The number of nitrogens with one attached hydrogen (secondary N) is 2. The zero-order valence-corrected chi connectivity index (χ0v) is 17.4. The second-order valence-electron chi connectivity index (χ2n) is 6.88. The van der Waals surface area contributed by atoms with Gasteiger partial charge in [-0.2, -0.15) is 0 Å². The van der Waals surface area contributed by atoms with Gasteiger partial charge in [-0.15, -0.1) is 0 Å². The van der Waals surface area contributed by atoms with Crippen molar-refractivity contribution < 1.29 is 19.1 Å². The number of piperazine rings is 1. The second-order valence-corrected chi connectivity index (χ2v) is 7.70. The van der Waals surface area contributed by atoms with E-state index in [9.17, 15) is 14.4 Å². The average molecular weight is 426 g/mol. The first-order chi connectivity index (χ1) is 13.3. The third-order valence-electron chi connectivity index (χ3n) is 4.22. The Balaban J connectivity index is 1.99. The minimum Gasteiger partial charge on any atom is -0.466 e. The van der Waals surface area contributed by atoms with Crippen molar-refractivity contribution in [2.45, 2.75) is 32.7 Å². The van der Waals surface area contributed by atoms with Crippen LogP contribution in [0.3, 0.4) is 0 Å². The highest BCUT2D eigenvalue weighted by molar-refractivity contribution is 7.80. The van der Waals surface area contributed by atoms with Gasteiger partial charge in [-0.3, -0.25) is 19.7 Å². The molecule has 1 aliphatic rings. The van der Waals surface area contributed by atoms with Gasteiger partial charge >= 0.3 is 5.97 Å². The standard InChI is InChI=1S/C19H24ClN3O4S/c1-12(2)6-9-27-16(24)11-15-18(26)21-7-8-23(15)19(28)22-17(25)13-4-3-5-14(20)10-13/h3-5,10,12,15H,6-9,11H2,1-2H3,(H,21,26)(H,22,25,28). The van der Waals surface area contributed by atoms with E-state index in [1.54, 1.807) is 23.1 Å². The third-order valence-corrected chi connectivity index (χ3v) is 4.79. The first-order valence-electron chi connectivity index (χ1n) is 9.08. The fourth-order valence-corrected chi connectivity index (χ4v) is 3.16. The van der Waals surface area contributed by atoms with E-state index in [1.807, 2.05) is 13.8 Å². The maximum atomic E-state index is 12.4. The van der Waals surface area contributed by atoms with Gasteiger partial charge in [0.15, 0.2) is 5.11 Å². The highest BCUT2D eigenvalue weighted by Gasteiger charge is 2.34. The molecule has 1 fully saturated rings. The number of benzene rings is 1. The number of amides is 2. The minimum atomic E-state index is -0.826. The zero-order chi connectivity index (χ0) is 20.7. The van der Waals surface area contributed by atoms with Crippen molar-refractivity contribution in [1.29, 1.82) is 0 Å². The predicted octanol–water partition coefficient (Wildman–Crippen LogP) is 2.13. The van der Waals surface area contributed by atoms with E-state index in [0.717, 1.165) is 6.42 Å². The number of thiocarbonyl (C=S) groups is 1. The van der Waals surface area contributed by atoms with Crippen molar-refractivity contribution in [2.24, 2.45) is 5.92 Å². The molecule has 0 spiro atoms. The maximum absolute atomic E-state index is 12.4. The molecule has 1 aliphatic heterocycles. The number of rotatable bonds is 6. The highest BCUT2D eigenvalue weighted by Crippen LogP contribution is 2.13. The third kappa shape index (κ3) is 6.45. The summed E-state index contributed by atoms with van der Waals surface area (Å²) in [5.74, 6) is -0.823. The lowest BCUT2D eigenvalue weighted by Gasteiger charge is -2.36. The van der Waals surface area contributed by atoms with Gasteiger partial charge in [0, 0.05) is 23.7 Å². The molecule has 0 bridgehead atoms. The first-order valence-corrected chi connectivity index (χ1v) is 9.87. The van der Waals surface area contributed by atoms with Crippen LogP contribution in [0.5, 0.6) is 0 Å². The molecule has 2 amide bonds. The molecule has 0 saturated carbocycles. The molecule has 1 saturated heterocycles. The molecule has 1 heterocycles. The van der Waals surface area contributed by atoms with E-state index in [4.69, 9.17) is 28.6 Å². The Bertz CT molecular complexity index is 756. The van der Waals surface area contributed by atoms with Crippen LogP contribution in [0.1, 0.15) is 37.0 Å². The molecule has 0 aliphatic carbocycles. The number of carbonyl (C=O) groups is 3. The van der Waals surface area contributed by atoms with Crippen LogP contribution in [0.25, 0.3) is 0 Å². The summed E-state index contributed by atoms with van der Waals surface area (Å²) in [5.41, 5.74) is 0.348. The topological polar surface area (TPSA) is 87.7 Å². The number of ether oxygens (including phenoxy) is 1. The lowest BCUT2D eigenvalue weighted by atomic mass is 10.1. The van der Waals surface area contributed by atoms with Crippen molar-refractivity contribution >= 4 is 46.7 Å². The van der Waals surface area contributed by atoms with E-state index in [0.29, 0.717) is 36.2 Å². The molecule has 2 rings (SSSR count). The summed E-state index contributed by atoms with van der Waals surface area (Å²) >= 11 is 11.2. The molecule has 0 radical (unpaired) electrons. The average Bonchev–Trinajstić information content (AvgIpc) is 2.63. The maximum Gasteiger partial charge on any atom is 0.308 e. The van der Waals surface area contributed by atoms with Gasteiger partial charge in [-0.05, 0) is 42.8 Å². The van der Waals surface area contributed by atoms with Crippen LogP contribution < -0.4 is 10.6 Å². The SMILES string of the molecule is CC(C)CCOC(=O)CC1C(=O)NCCN1C(=S)NC(=O)c1cccc(Cl)c1. The van der Waals surface area contributed by atoms with Gasteiger partial charge in [0.05, 0.1) is 13.0 Å². The molecular weight excluding hydrogens is 402 g/mol. The Kier molecular flexibility index (Phi) is 8.19. The summed E-state index contributed by atoms with van der Waals surface area (Å²) in [6.07, 6.45) is 0.609. The smallest absolute Gasteiger partial charge is 0.308 e. The Morgan fingerprint density at radius 2 is 2.18 bits per heavy atom. The van der Waals surface area contributed by atoms with Gasteiger partial charge in [0.1, 0.15) is 6.04 Å². The van der Waals surface area contributed by atoms with E-state index >= 15 is 0 Å². The number of carbonyl (C=O) groups excluding carboxylic acids is 3. The lowest BCUT2D eigenvalue weighted by Crippen LogP contribution is -2.60. The van der Waals surface area contributed by atoms with Crippen LogP contribution in [-0.4, -0.2) is 53.5 Å². The number of hydrogen-bond acceptors (Lipinski definition) is 5. The molecule has 0 aromatic heterocycles. The van der Waals surface area contributed by atoms with Crippen LogP contribution in [0, 0.1) is 5.92 Å². The van der Waals surface area contributed by atoms with Crippen molar-refractivity contribution in [2.75, 3.05) is 19.7 Å². The fourth-order valence-electron chi connectivity index (χ4n) is 2.66. The molecule has 9 heteroatoms. The van der Waals surface area contributed by atoms with Crippen molar-refractivity contribution in [3.05, 3.63) is 34.9 Å². The lowest BCUT2D eigenvalue weighted by molar-refractivity contribution is -0.147. The summed E-state index contributed by atoms with van der Waals surface area (Å²) in [4.78, 5) is 38.3. The summed E-state index contributed by atoms with van der Waals surface area (Å²) in [6.45, 7) is 5.12. The molecule has 1 aromatic carbocycles. The molecule has 1 atom stereocenters. The number of esters is 1. The number of nitrogens with zero attached hydrogens (tertiary/aromatic N) is 1.